The Hall–Kier alpha value is -1.90. The molecule has 1 rings (SSSR count). The molecular weight excluding hydrogens is 166 g/mol. The van der Waals surface area contributed by atoms with Gasteiger partial charge in [-0.15, -0.1) is 0 Å². The van der Waals surface area contributed by atoms with E-state index in [0.29, 0.717) is 12.1 Å². The van der Waals surface area contributed by atoms with Crippen molar-refractivity contribution in [3.05, 3.63) is 43.0 Å². The van der Waals surface area contributed by atoms with E-state index in [9.17, 15) is 9.59 Å². The summed E-state index contributed by atoms with van der Waals surface area (Å²) < 4.78 is 0. The lowest BCUT2D eigenvalue weighted by molar-refractivity contribution is -0.118. The van der Waals surface area contributed by atoms with Gasteiger partial charge in [0.25, 0.3) is 5.91 Å². The van der Waals surface area contributed by atoms with E-state index in [1.54, 1.807) is 24.3 Å². The molecule has 0 spiro atoms. The van der Waals surface area contributed by atoms with Crippen LogP contribution in [0.2, 0.25) is 0 Å². The second-order valence-corrected chi connectivity index (χ2v) is 2.35. The number of rotatable bonds is 3. The van der Waals surface area contributed by atoms with Crippen molar-refractivity contribution in [2.75, 3.05) is 4.90 Å². The van der Waals surface area contributed by atoms with Crippen LogP contribution in [-0.4, -0.2) is 12.3 Å². The minimum Gasteiger partial charge on any atom is -0.278 e. The summed E-state index contributed by atoms with van der Waals surface area (Å²) in [7, 11) is 0. The summed E-state index contributed by atoms with van der Waals surface area (Å²) in [6.45, 7) is 3.30. The molecule has 0 bridgehead atoms. The van der Waals surface area contributed by atoms with E-state index in [1.807, 2.05) is 6.07 Å². The number of benzene rings is 1. The average molecular weight is 175 g/mol. The summed E-state index contributed by atoms with van der Waals surface area (Å²) in [5.74, 6) is -0.429. The van der Waals surface area contributed by atoms with Gasteiger partial charge in [-0.1, -0.05) is 24.8 Å². The standard InChI is InChI=1S/C10H9NO2/c1-2-10(13)11(8-12)9-6-4-3-5-7-9/h2-8H,1H2. The van der Waals surface area contributed by atoms with E-state index < -0.39 is 5.91 Å². The predicted molar refractivity (Wildman–Crippen MR) is 50.2 cm³/mol. The Morgan fingerprint density at radius 2 is 1.92 bits per heavy atom. The molecule has 66 valence electrons. The monoisotopic (exact) mass is 175 g/mol. The number of imide groups is 1. The first-order chi connectivity index (χ1) is 6.29. The van der Waals surface area contributed by atoms with E-state index in [0.717, 1.165) is 11.0 Å². The number of carbonyl (C=O) groups is 2. The van der Waals surface area contributed by atoms with Crippen molar-refractivity contribution in [1.29, 1.82) is 0 Å². The van der Waals surface area contributed by atoms with Gasteiger partial charge in [-0.25, -0.2) is 4.90 Å². The van der Waals surface area contributed by atoms with Gasteiger partial charge in [-0.3, -0.25) is 9.59 Å². The highest BCUT2D eigenvalue weighted by Crippen LogP contribution is 2.11. The average Bonchev–Trinajstić information content (AvgIpc) is 2.20. The van der Waals surface area contributed by atoms with Crippen molar-refractivity contribution < 1.29 is 9.59 Å². The second kappa shape index (κ2) is 4.21. The molecule has 0 unspecified atom stereocenters. The highest BCUT2D eigenvalue weighted by molar-refractivity contribution is 6.11. The van der Waals surface area contributed by atoms with Crippen LogP contribution in [0.4, 0.5) is 5.69 Å². The predicted octanol–water partition coefficient (Wildman–Crippen LogP) is 1.36. The third-order valence-corrected chi connectivity index (χ3v) is 1.55. The zero-order valence-electron chi connectivity index (χ0n) is 7.01. The van der Waals surface area contributed by atoms with Crippen LogP contribution in [0.1, 0.15) is 0 Å². The minimum absolute atomic E-state index is 0.429. The smallest absolute Gasteiger partial charge is 0.256 e. The van der Waals surface area contributed by atoms with Gasteiger partial charge >= 0.3 is 0 Å². The Labute approximate surface area is 76.3 Å². The minimum atomic E-state index is -0.429. The second-order valence-electron chi connectivity index (χ2n) is 2.35. The van der Waals surface area contributed by atoms with Crippen molar-refractivity contribution in [2.45, 2.75) is 0 Å². The zero-order valence-corrected chi connectivity index (χ0v) is 7.01. The molecule has 0 aliphatic rings. The van der Waals surface area contributed by atoms with Crippen molar-refractivity contribution >= 4 is 18.0 Å². The Morgan fingerprint density at radius 3 is 2.38 bits per heavy atom. The molecule has 0 radical (unpaired) electrons. The number of carbonyl (C=O) groups excluding carboxylic acids is 2. The third kappa shape index (κ3) is 2.02. The van der Waals surface area contributed by atoms with Gasteiger partial charge in [0.05, 0.1) is 5.69 Å². The highest BCUT2D eigenvalue weighted by Gasteiger charge is 2.09. The van der Waals surface area contributed by atoms with Gasteiger partial charge in [0.2, 0.25) is 6.41 Å². The molecule has 0 N–H and O–H groups in total. The van der Waals surface area contributed by atoms with Crippen LogP contribution in [0.15, 0.2) is 43.0 Å². The molecule has 1 aromatic carbocycles. The molecule has 13 heavy (non-hydrogen) atoms. The highest BCUT2D eigenvalue weighted by atomic mass is 16.2. The van der Waals surface area contributed by atoms with E-state index in [4.69, 9.17) is 0 Å². The maximum Gasteiger partial charge on any atom is 0.256 e. The first-order valence-corrected chi connectivity index (χ1v) is 3.75. The van der Waals surface area contributed by atoms with Crippen LogP contribution < -0.4 is 4.90 Å². The van der Waals surface area contributed by atoms with E-state index in [1.165, 1.54) is 0 Å². The maximum atomic E-state index is 11.1. The lowest BCUT2D eigenvalue weighted by Gasteiger charge is -2.12. The fourth-order valence-corrected chi connectivity index (χ4v) is 0.927. The zero-order chi connectivity index (χ0) is 9.68. The lowest BCUT2D eigenvalue weighted by Crippen LogP contribution is -2.26. The largest absolute Gasteiger partial charge is 0.278 e. The summed E-state index contributed by atoms with van der Waals surface area (Å²) in [4.78, 5) is 22.7. The maximum absolute atomic E-state index is 11.1. The van der Waals surface area contributed by atoms with Crippen LogP contribution in [0.25, 0.3) is 0 Å². The number of amides is 2. The van der Waals surface area contributed by atoms with Gasteiger partial charge in [-0.2, -0.15) is 0 Å². The fraction of sp³-hybridized carbons (Fsp3) is 0. The summed E-state index contributed by atoms with van der Waals surface area (Å²) in [5, 5.41) is 0. The van der Waals surface area contributed by atoms with Crippen LogP contribution in [0.5, 0.6) is 0 Å². The molecule has 0 aliphatic heterocycles. The molecule has 0 saturated carbocycles. The van der Waals surface area contributed by atoms with Crippen molar-refractivity contribution in [1.82, 2.24) is 0 Å². The molecule has 0 aromatic heterocycles. The lowest BCUT2D eigenvalue weighted by atomic mass is 10.3. The quantitative estimate of drug-likeness (QED) is 0.513. The molecule has 0 heterocycles. The summed E-state index contributed by atoms with van der Waals surface area (Å²) in [6, 6.07) is 8.67. The van der Waals surface area contributed by atoms with Crippen LogP contribution in [0, 0.1) is 0 Å². The molecule has 0 atom stereocenters. The molecule has 0 saturated heterocycles. The first-order valence-electron chi connectivity index (χ1n) is 3.75. The van der Waals surface area contributed by atoms with Gasteiger partial charge in [0.1, 0.15) is 0 Å². The van der Waals surface area contributed by atoms with Gasteiger partial charge < -0.3 is 0 Å². The molecule has 3 heteroatoms. The van der Waals surface area contributed by atoms with Crippen LogP contribution >= 0.6 is 0 Å². The van der Waals surface area contributed by atoms with Gasteiger partial charge in [0.15, 0.2) is 0 Å². The fourth-order valence-electron chi connectivity index (χ4n) is 0.927. The van der Waals surface area contributed by atoms with Gasteiger partial charge in [-0.05, 0) is 18.2 Å². The summed E-state index contributed by atoms with van der Waals surface area (Å²) in [6.07, 6.45) is 1.57. The number of hydrogen-bond acceptors (Lipinski definition) is 2. The Bertz CT molecular complexity index is 319. The number of para-hydroxylation sites is 1. The normalized spacial score (nSPS) is 8.92. The third-order valence-electron chi connectivity index (χ3n) is 1.55. The summed E-state index contributed by atoms with van der Waals surface area (Å²) >= 11 is 0. The Morgan fingerprint density at radius 1 is 1.31 bits per heavy atom. The van der Waals surface area contributed by atoms with Crippen molar-refractivity contribution in [2.24, 2.45) is 0 Å². The molecule has 1 aromatic rings. The molecule has 2 amide bonds. The van der Waals surface area contributed by atoms with Crippen LogP contribution in [-0.2, 0) is 9.59 Å². The Balaban J connectivity index is 2.97. The molecule has 3 nitrogen and oxygen atoms in total. The van der Waals surface area contributed by atoms with E-state index in [2.05, 4.69) is 6.58 Å². The van der Waals surface area contributed by atoms with Gasteiger partial charge in [0, 0.05) is 0 Å². The summed E-state index contributed by atoms with van der Waals surface area (Å²) in [5.41, 5.74) is 0.544. The van der Waals surface area contributed by atoms with E-state index >= 15 is 0 Å². The van der Waals surface area contributed by atoms with Crippen LogP contribution in [0.3, 0.4) is 0 Å². The van der Waals surface area contributed by atoms with Crippen molar-refractivity contribution in [3.63, 3.8) is 0 Å². The number of nitrogens with zero attached hydrogens (tertiary/aromatic N) is 1. The number of hydrogen-bond donors (Lipinski definition) is 0. The SMILES string of the molecule is C=CC(=O)N(C=O)c1ccccc1. The molecule has 0 aliphatic carbocycles. The van der Waals surface area contributed by atoms with Crippen molar-refractivity contribution in [3.8, 4) is 0 Å². The molecule has 0 fully saturated rings. The van der Waals surface area contributed by atoms with E-state index in [-0.39, 0.29) is 0 Å². The Kier molecular flexibility index (Phi) is 2.97. The topological polar surface area (TPSA) is 37.4 Å². The molecular formula is C10H9NO2. The first kappa shape index (κ1) is 9.19. The number of anilines is 1.